The third-order valence-electron chi connectivity index (χ3n) is 2.68. The highest BCUT2D eigenvalue weighted by atomic mass is 32.2. The fourth-order valence-corrected chi connectivity index (χ4v) is 2.37. The zero-order valence-corrected chi connectivity index (χ0v) is 13.2. The number of carbonyl (C=O) groups is 1. The topological polar surface area (TPSA) is 134 Å². The van der Waals surface area contributed by atoms with Crippen molar-refractivity contribution in [3.05, 3.63) is 35.9 Å². The second-order valence-electron chi connectivity index (χ2n) is 4.67. The highest BCUT2D eigenvalue weighted by molar-refractivity contribution is 7.86. The molecular formula is C12H13FN4O6S. The molecule has 0 saturated heterocycles. The van der Waals surface area contributed by atoms with Crippen LogP contribution in [0.2, 0.25) is 0 Å². The summed E-state index contributed by atoms with van der Waals surface area (Å²) in [6.45, 7) is -0.330. The van der Waals surface area contributed by atoms with Crippen LogP contribution in [-0.2, 0) is 20.8 Å². The summed E-state index contributed by atoms with van der Waals surface area (Å²) in [7, 11) is -3.78. The Labute approximate surface area is 135 Å². The highest BCUT2D eigenvalue weighted by Crippen LogP contribution is 2.17. The summed E-state index contributed by atoms with van der Waals surface area (Å²) in [6.07, 6.45) is 1.05. The number of halogens is 1. The van der Waals surface area contributed by atoms with Gasteiger partial charge in [-0.2, -0.15) is 13.2 Å². The minimum absolute atomic E-state index is 0.0196. The Morgan fingerprint density at radius 2 is 2.21 bits per heavy atom. The van der Waals surface area contributed by atoms with Gasteiger partial charge in [-0.05, 0) is 17.3 Å². The summed E-state index contributed by atoms with van der Waals surface area (Å²) in [5, 5.41) is 19.5. The molecule has 1 atom stereocenters. The first-order valence-electron chi connectivity index (χ1n) is 6.49. The van der Waals surface area contributed by atoms with Gasteiger partial charge >= 0.3 is 5.97 Å². The number of tetrazole rings is 1. The molecule has 0 unspecified atom stereocenters. The molecule has 10 nitrogen and oxygen atoms in total. The zero-order chi connectivity index (χ0) is 17.7. The smallest absolute Gasteiger partial charge is 0.338 e. The van der Waals surface area contributed by atoms with Crippen LogP contribution in [0.3, 0.4) is 0 Å². The van der Waals surface area contributed by atoms with E-state index in [2.05, 4.69) is 15.4 Å². The Morgan fingerprint density at radius 1 is 1.46 bits per heavy atom. The molecule has 1 heterocycles. The van der Waals surface area contributed by atoms with Gasteiger partial charge in [0.25, 0.3) is 10.1 Å². The number of ether oxygens (including phenoxy) is 1. The molecule has 12 heteroatoms. The van der Waals surface area contributed by atoms with E-state index in [1.165, 1.54) is 12.4 Å². The van der Waals surface area contributed by atoms with Crippen LogP contribution in [0.15, 0.2) is 24.5 Å². The lowest BCUT2D eigenvalue weighted by Gasteiger charge is -2.16. The van der Waals surface area contributed by atoms with Crippen molar-refractivity contribution in [2.45, 2.75) is 12.6 Å². The molecule has 0 fully saturated rings. The molecule has 130 valence electrons. The molecule has 0 radical (unpaired) electrons. The Morgan fingerprint density at radius 3 is 2.75 bits per heavy atom. The van der Waals surface area contributed by atoms with Crippen LogP contribution in [0.4, 0.5) is 4.39 Å². The van der Waals surface area contributed by atoms with E-state index in [0.29, 0.717) is 0 Å². The van der Waals surface area contributed by atoms with E-state index < -0.39 is 33.6 Å². The molecule has 0 bridgehead atoms. The Hall–Kier alpha value is -2.60. The maximum atomic E-state index is 13.6. The molecule has 0 spiro atoms. The maximum absolute atomic E-state index is 13.6. The van der Waals surface area contributed by atoms with Crippen molar-refractivity contribution in [2.75, 3.05) is 12.9 Å². The zero-order valence-electron chi connectivity index (χ0n) is 12.4. The van der Waals surface area contributed by atoms with Gasteiger partial charge in [0.1, 0.15) is 24.3 Å². The Bertz CT molecular complexity index is 811. The number of aromatic nitrogens is 4. The van der Waals surface area contributed by atoms with Crippen molar-refractivity contribution in [3.8, 4) is 5.75 Å². The first kappa shape index (κ1) is 17.7. The number of hydrogen-bond donors (Lipinski definition) is 1. The maximum Gasteiger partial charge on any atom is 0.338 e. The van der Waals surface area contributed by atoms with E-state index in [-0.39, 0.29) is 18.9 Å². The number of benzene rings is 1. The van der Waals surface area contributed by atoms with Crippen molar-refractivity contribution in [1.29, 1.82) is 0 Å². The van der Waals surface area contributed by atoms with Crippen molar-refractivity contribution in [1.82, 2.24) is 20.2 Å². The first-order valence-corrected chi connectivity index (χ1v) is 8.31. The number of hydrogen-bond acceptors (Lipinski definition) is 8. The standard InChI is InChI=1S/C12H13FN4O6S/c1-24(20,21)23-9(5-17-15-7-14-16-17)6-22-8-2-3-10(12(18)19)11(13)4-8/h2-4,7,9H,5-6H2,1H3,(H,18,19)/t9-/m0/s1. The van der Waals surface area contributed by atoms with Gasteiger partial charge in [-0.3, -0.25) is 4.18 Å². The molecule has 0 amide bonds. The van der Waals surface area contributed by atoms with E-state index in [4.69, 9.17) is 14.0 Å². The third kappa shape index (κ3) is 5.24. The van der Waals surface area contributed by atoms with E-state index in [1.54, 1.807) is 0 Å². The summed E-state index contributed by atoms with van der Waals surface area (Å²) in [5.41, 5.74) is -0.502. The van der Waals surface area contributed by atoms with Crippen LogP contribution in [0.1, 0.15) is 10.4 Å². The van der Waals surface area contributed by atoms with Gasteiger partial charge in [-0.1, -0.05) is 0 Å². The molecule has 2 rings (SSSR count). The lowest BCUT2D eigenvalue weighted by Crippen LogP contribution is -2.30. The van der Waals surface area contributed by atoms with Gasteiger partial charge in [0.2, 0.25) is 0 Å². The number of carboxylic acids is 1. The van der Waals surface area contributed by atoms with Gasteiger partial charge in [0.15, 0.2) is 6.33 Å². The molecule has 0 aliphatic heterocycles. The predicted octanol–water partition coefficient (Wildman–Crippen LogP) is -0.0658. The molecule has 0 saturated carbocycles. The molecule has 1 aromatic heterocycles. The van der Waals surface area contributed by atoms with E-state index in [1.807, 2.05) is 0 Å². The monoisotopic (exact) mass is 360 g/mol. The summed E-state index contributed by atoms with van der Waals surface area (Å²) in [6, 6.07) is 3.17. The number of carboxylic acid groups (broad SMARTS) is 1. The van der Waals surface area contributed by atoms with E-state index in [0.717, 1.165) is 23.2 Å². The second-order valence-corrected chi connectivity index (χ2v) is 6.27. The minimum Gasteiger partial charge on any atom is -0.491 e. The van der Waals surface area contributed by atoms with Crippen molar-refractivity contribution in [2.24, 2.45) is 0 Å². The van der Waals surface area contributed by atoms with Crippen LogP contribution in [0.25, 0.3) is 0 Å². The number of aromatic carboxylic acids is 1. The SMILES string of the molecule is CS(=O)(=O)O[C@H](COc1ccc(C(=O)O)c(F)c1)Cn1ncnn1. The minimum atomic E-state index is -3.78. The molecule has 1 N–H and O–H groups in total. The van der Waals surface area contributed by atoms with Gasteiger partial charge < -0.3 is 9.84 Å². The molecular weight excluding hydrogens is 347 g/mol. The Balaban J connectivity index is 2.06. The van der Waals surface area contributed by atoms with Crippen molar-refractivity contribution < 1.29 is 31.6 Å². The summed E-state index contributed by atoms with van der Waals surface area (Å²) in [4.78, 5) is 11.8. The lowest BCUT2D eigenvalue weighted by atomic mass is 10.2. The normalized spacial score (nSPS) is 12.8. The van der Waals surface area contributed by atoms with Crippen LogP contribution >= 0.6 is 0 Å². The van der Waals surface area contributed by atoms with Gasteiger partial charge in [-0.15, -0.1) is 10.2 Å². The summed E-state index contributed by atoms with van der Waals surface area (Å²) in [5.74, 6) is -2.36. The van der Waals surface area contributed by atoms with Gasteiger partial charge in [0.05, 0.1) is 18.4 Å². The highest BCUT2D eigenvalue weighted by Gasteiger charge is 2.19. The Kier molecular flexibility index (Phi) is 5.41. The predicted molar refractivity (Wildman–Crippen MR) is 76.4 cm³/mol. The van der Waals surface area contributed by atoms with E-state index >= 15 is 0 Å². The summed E-state index contributed by atoms with van der Waals surface area (Å²) < 4.78 is 46.3. The van der Waals surface area contributed by atoms with Gasteiger partial charge in [-0.25, -0.2) is 9.18 Å². The number of rotatable bonds is 8. The van der Waals surface area contributed by atoms with Crippen LogP contribution in [0, 0.1) is 5.82 Å². The van der Waals surface area contributed by atoms with Crippen LogP contribution < -0.4 is 4.74 Å². The molecule has 0 aliphatic rings. The molecule has 1 aromatic carbocycles. The molecule has 24 heavy (non-hydrogen) atoms. The first-order chi connectivity index (χ1) is 11.2. The van der Waals surface area contributed by atoms with E-state index in [9.17, 15) is 17.6 Å². The summed E-state index contributed by atoms with van der Waals surface area (Å²) >= 11 is 0. The van der Waals surface area contributed by atoms with Gasteiger partial charge in [0, 0.05) is 6.07 Å². The number of nitrogens with zero attached hydrogens (tertiary/aromatic N) is 4. The van der Waals surface area contributed by atoms with Crippen molar-refractivity contribution >= 4 is 16.1 Å². The molecule has 0 aliphatic carbocycles. The van der Waals surface area contributed by atoms with Crippen LogP contribution in [0.5, 0.6) is 5.75 Å². The fraction of sp³-hybridized carbons (Fsp3) is 0.333. The quantitative estimate of drug-likeness (QED) is 0.642. The fourth-order valence-electron chi connectivity index (χ4n) is 1.76. The van der Waals surface area contributed by atoms with Crippen molar-refractivity contribution in [3.63, 3.8) is 0 Å². The average Bonchev–Trinajstić information content (AvgIpc) is 2.95. The largest absolute Gasteiger partial charge is 0.491 e. The second kappa shape index (κ2) is 7.31. The molecule has 2 aromatic rings. The van der Waals surface area contributed by atoms with Crippen LogP contribution in [-0.4, -0.2) is 58.7 Å². The third-order valence-corrected chi connectivity index (χ3v) is 3.30. The lowest BCUT2D eigenvalue weighted by molar-refractivity contribution is 0.0691. The average molecular weight is 360 g/mol.